The maximum atomic E-state index is 9.18. The van der Waals surface area contributed by atoms with E-state index in [9.17, 15) is 4.79 Å². The van der Waals surface area contributed by atoms with Crippen LogP contribution in [0.3, 0.4) is 0 Å². The molecule has 0 atom stereocenters. The van der Waals surface area contributed by atoms with Crippen LogP contribution in [0.4, 0.5) is 5.95 Å². The molecule has 0 radical (unpaired) electrons. The summed E-state index contributed by atoms with van der Waals surface area (Å²) >= 11 is 0. The number of imidazole rings is 1. The van der Waals surface area contributed by atoms with Crippen LogP contribution in [0.15, 0.2) is 59.0 Å². The molecule has 2 aromatic heterocycles. The highest BCUT2D eigenvalue weighted by molar-refractivity contribution is 5.80. The molecule has 0 fully saturated rings. The van der Waals surface area contributed by atoms with Crippen molar-refractivity contribution < 1.29 is 14.3 Å². The van der Waals surface area contributed by atoms with Crippen molar-refractivity contribution in [3.63, 3.8) is 0 Å². The first kappa shape index (κ1) is 33.4. The Kier molecular flexibility index (Phi) is 12.3. The molecule has 0 saturated carbocycles. The Labute approximate surface area is 256 Å². The van der Waals surface area contributed by atoms with E-state index in [1.807, 2.05) is 26.4 Å². The number of H-pyrrole nitrogens is 1. The first-order valence-electron chi connectivity index (χ1n) is 15.2. The fourth-order valence-electron chi connectivity index (χ4n) is 5.08. The van der Waals surface area contributed by atoms with E-state index < -0.39 is 0 Å². The quantitative estimate of drug-likeness (QED) is 0.217. The van der Waals surface area contributed by atoms with Crippen LogP contribution >= 0.6 is 0 Å². The minimum atomic E-state index is 0.254. The maximum absolute atomic E-state index is 9.18. The molecule has 1 aliphatic carbocycles. The maximum Gasteiger partial charge on any atom is 0.293 e. The molecular formula is C34H48N6O3. The van der Waals surface area contributed by atoms with E-state index in [-0.39, 0.29) is 5.41 Å². The normalized spacial score (nSPS) is 15.7. The molecule has 1 aromatic carbocycles. The molecule has 2 N–H and O–H groups in total. The number of hydrogen-bond donors (Lipinski definition) is 2. The smallest absolute Gasteiger partial charge is 0.293 e. The third-order valence-corrected chi connectivity index (χ3v) is 7.24. The fraction of sp³-hybridized carbons (Fsp3) is 0.471. The van der Waals surface area contributed by atoms with Crippen molar-refractivity contribution >= 4 is 29.8 Å². The Morgan fingerprint density at radius 3 is 2.67 bits per heavy atom. The number of nitrogens with zero attached hydrogens (tertiary/aromatic N) is 4. The predicted octanol–water partition coefficient (Wildman–Crippen LogP) is 7.53. The second-order valence-electron chi connectivity index (χ2n) is 11.4. The number of carbonyl (C=O) groups excluding carboxylic acids is 1. The van der Waals surface area contributed by atoms with Crippen molar-refractivity contribution in [2.24, 2.45) is 10.4 Å². The van der Waals surface area contributed by atoms with Gasteiger partial charge in [0, 0.05) is 48.5 Å². The standard InChI is InChI=1S/C28H34N6O.C3H6O2.C3H8/c1-6-30-23-9-10-28(3,4)15-22(23)18(2)34-11-12-35-25-8-7-19(13-21(25)17-34)20-14-24-26(31-16-20)33-27(29-5)32-24;1-2-5-3-4;1-3-2/h6-8,13-14,16H,2,9-12,15,17H2,1,3-5H3,(H2,29,31,32,33);3H,2H2,1H3;3H2,1-2H3. The number of aromatic amines is 1. The van der Waals surface area contributed by atoms with Crippen LogP contribution in [0.2, 0.25) is 0 Å². The van der Waals surface area contributed by atoms with Crippen molar-refractivity contribution in [1.82, 2.24) is 19.9 Å². The number of anilines is 1. The Balaban J connectivity index is 0.000000566. The highest BCUT2D eigenvalue weighted by atomic mass is 16.5. The molecule has 5 rings (SSSR count). The van der Waals surface area contributed by atoms with Crippen LogP contribution in [0.1, 0.15) is 72.8 Å². The Morgan fingerprint density at radius 1 is 1.26 bits per heavy atom. The van der Waals surface area contributed by atoms with E-state index in [0.717, 1.165) is 66.0 Å². The molecule has 0 bridgehead atoms. The summed E-state index contributed by atoms with van der Waals surface area (Å²) in [6.45, 7) is 20.3. The number of pyridine rings is 1. The fourth-order valence-corrected chi connectivity index (χ4v) is 5.08. The molecule has 0 amide bonds. The van der Waals surface area contributed by atoms with Gasteiger partial charge >= 0.3 is 0 Å². The Hall–Kier alpha value is -4.14. The number of aliphatic imine (C=N–C) groups is 1. The molecule has 3 aromatic rings. The zero-order valence-electron chi connectivity index (χ0n) is 26.9. The number of fused-ring (bicyclic) bond motifs is 2. The van der Waals surface area contributed by atoms with Crippen LogP contribution in [0.25, 0.3) is 22.3 Å². The average molecular weight is 589 g/mol. The van der Waals surface area contributed by atoms with Crippen LogP contribution in [-0.4, -0.2) is 59.3 Å². The van der Waals surface area contributed by atoms with Gasteiger partial charge in [-0.2, -0.15) is 4.98 Å². The van der Waals surface area contributed by atoms with Gasteiger partial charge < -0.3 is 24.7 Å². The van der Waals surface area contributed by atoms with Gasteiger partial charge in [0.25, 0.3) is 6.47 Å². The summed E-state index contributed by atoms with van der Waals surface area (Å²) in [6, 6.07) is 8.48. The summed E-state index contributed by atoms with van der Waals surface area (Å²) in [5.74, 6) is 1.64. The van der Waals surface area contributed by atoms with Gasteiger partial charge in [-0.1, -0.05) is 46.8 Å². The first-order valence-corrected chi connectivity index (χ1v) is 15.2. The number of aromatic nitrogens is 3. The van der Waals surface area contributed by atoms with Gasteiger partial charge in [0.05, 0.1) is 18.7 Å². The third kappa shape index (κ3) is 8.92. The number of benzene rings is 1. The number of hydrogen-bond acceptors (Lipinski definition) is 8. The van der Waals surface area contributed by atoms with Crippen molar-refractivity contribution in [1.29, 1.82) is 0 Å². The van der Waals surface area contributed by atoms with Crippen molar-refractivity contribution in [2.45, 2.75) is 73.8 Å². The number of allylic oxidation sites excluding steroid dienone is 2. The van der Waals surface area contributed by atoms with Gasteiger partial charge in [0.1, 0.15) is 12.4 Å². The predicted molar refractivity (Wildman–Crippen MR) is 176 cm³/mol. The van der Waals surface area contributed by atoms with E-state index in [4.69, 9.17) is 9.73 Å². The number of carbonyl (C=O) groups is 1. The lowest BCUT2D eigenvalue weighted by atomic mass is 9.75. The summed E-state index contributed by atoms with van der Waals surface area (Å²) in [6.07, 6.45) is 8.17. The van der Waals surface area contributed by atoms with E-state index in [2.05, 4.69) is 88.4 Å². The minimum Gasteiger partial charge on any atom is -0.491 e. The van der Waals surface area contributed by atoms with E-state index in [0.29, 0.717) is 31.3 Å². The third-order valence-electron chi connectivity index (χ3n) is 7.24. The highest BCUT2D eigenvalue weighted by Gasteiger charge is 2.30. The first-order chi connectivity index (χ1) is 20.7. The molecular weight excluding hydrogens is 540 g/mol. The second kappa shape index (κ2) is 15.9. The van der Waals surface area contributed by atoms with E-state index >= 15 is 0 Å². The summed E-state index contributed by atoms with van der Waals surface area (Å²) < 4.78 is 10.3. The van der Waals surface area contributed by atoms with Gasteiger partial charge in [-0.05, 0) is 67.9 Å². The Bertz CT molecular complexity index is 1440. The molecule has 0 unspecified atom stereocenters. The van der Waals surface area contributed by atoms with Crippen molar-refractivity contribution in [2.75, 3.05) is 32.1 Å². The molecule has 9 nitrogen and oxygen atoms in total. The highest BCUT2D eigenvalue weighted by Crippen LogP contribution is 2.43. The van der Waals surface area contributed by atoms with E-state index in [1.165, 1.54) is 17.7 Å². The lowest BCUT2D eigenvalue weighted by Gasteiger charge is -2.36. The van der Waals surface area contributed by atoms with Gasteiger partial charge in [-0.15, -0.1) is 0 Å². The number of ether oxygens (including phenoxy) is 2. The zero-order chi connectivity index (χ0) is 31.4. The lowest BCUT2D eigenvalue weighted by molar-refractivity contribution is -0.128. The van der Waals surface area contributed by atoms with Gasteiger partial charge in [0.2, 0.25) is 5.95 Å². The van der Waals surface area contributed by atoms with Crippen LogP contribution in [0, 0.1) is 5.41 Å². The Morgan fingerprint density at radius 2 is 2.02 bits per heavy atom. The molecule has 2 aliphatic rings. The van der Waals surface area contributed by atoms with E-state index in [1.54, 1.807) is 6.92 Å². The van der Waals surface area contributed by atoms with Crippen LogP contribution in [0.5, 0.6) is 5.75 Å². The SMILES string of the molecule is C=C(C1=C(N=CC)CCC(C)(C)C1)N1CCOc2ccc(-c3cnc4nc(NC)[nH]c4c3)cc2C1.CCC.CCOC=O. The summed E-state index contributed by atoms with van der Waals surface area (Å²) in [5.41, 5.74) is 8.69. The monoisotopic (exact) mass is 588 g/mol. The molecule has 9 heteroatoms. The van der Waals surface area contributed by atoms with Gasteiger partial charge in [-0.25, -0.2) is 4.98 Å². The summed E-state index contributed by atoms with van der Waals surface area (Å²) in [4.78, 5) is 28.5. The number of rotatable bonds is 7. The minimum absolute atomic E-state index is 0.254. The molecule has 0 spiro atoms. The molecule has 0 saturated heterocycles. The van der Waals surface area contributed by atoms with Crippen molar-refractivity contribution in [3.8, 4) is 16.9 Å². The molecule has 3 heterocycles. The van der Waals surface area contributed by atoms with Gasteiger partial charge in [0.15, 0.2) is 5.65 Å². The summed E-state index contributed by atoms with van der Waals surface area (Å²) in [7, 11) is 1.84. The lowest BCUT2D eigenvalue weighted by Crippen LogP contribution is -2.29. The zero-order valence-corrected chi connectivity index (χ0v) is 26.9. The molecule has 1 aliphatic heterocycles. The number of nitrogens with one attached hydrogen (secondary N) is 2. The average Bonchev–Trinajstić information content (AvgIpc) is 3.29. The van der Waals surface area contributed by atoms with Crippen LogP contribution < -0.4 is 10.1 Å². The molecule has 232 valence electrons. The molecule has 43 heavy (non-hydrogen) atoms. The van der Waals surface area contributed by atoms with Crippen LogP contribution in [-0.2, 0) is 16.1 Å². The largest absolute Gasteiger partial charge is 0.491 e. The topological polar surface area (TPSA) is 105 Å². The second-order valence-corrected chi connectivity index (χ2v) is 11.4. The summed E-state index contributed by atoms with van der Waals surface area (Å²) in [5, 5.41) is 3.03. The van der Waals surface area contributed by atoms with Gasteiger partial charge in [-0.3, -0.25) is 9.79 Å². The van der Waals surface area contributed by atoms with Crippen molar-refractivity contribution in [3.05, 3.63) is 59.6 Å².